The van der Waals surface area contributed by atoms with E-state index in [0.717, 1.165) is 12.8 Å². The lowest BCUT2D eigenvalue weighted by Gasteiger charge is -2.42. The van der Waals surface area contributed by atoms with Gasteiger partial charge in [0.1, 0.15) is 24.4 Å². The number of aliphatic hydroxyl groups is 3. The van der Waals surface area contributed by atoms with Crippen LogP contribution in [0.15, 0.2) is 0 Å². The van der Waals surface area contributed by atoms with Crippen LogP contribution in [-0.2, 0) is 14.3 Å². The van der Waals surface area contributed by atoms with Gasteiger partial charge < -0.3 is 30.1 Å². The molecule has 0 radical (unpaired) electrons. The van der Waals surface area contributed by atoms with Gasteiger partial charge in [-0.15, -0.1) is 0 Å². The Kier molecular flexibility index (Phi) is 7.55. The molecule has 0 aromatic carbocycles. The van der Waals surface area contributed by atoms with Crippen LogP contribution in [0.25, 0.3) is 0 Å². The first-order chi connectivity index (χ1) is 9.86. The number of ether oxygens (including phenoxy) is 2. The lowest BCUT2D eigenvalue weighted by atomic mass is 9.97. The van der Waals surface area contributed by atoms with Crippen molar-refractivity contribution in [3.8, 4) is 0 Å². The fourth-order valence-electron chi connectivity index (χ4n) is 2.30. The van der Waals surface area contributed by atoms with Gasteiger partial charge in [0, 0.05) is 13.5 Å². The zero-order valence-electron chi connectivity index (χ0n) is 12.9. The summed E-state index contributed by atoms with van der Waals surface area (Å²) in [6.45, 7) is 5.52. The van der Waals surface area contributed by atoms with Crippen LogP contribution >= 0.6 is 0 Å². The fraction of sp³-hybridized carbons (Fsp3) is 0.929. The molecule has 0 spiro atoms. The van der Waals surface area contributed by atoms with Crippen LogP contribution in [0.3, 0.4) is 0 Å². The molecular formula is C14H27NO6. The minimum Gasteiger partial charge on any atom is -0.394 e. The van der Waals surface area contributed by atoms with E-state index in [2.05, 4.69) is 19.2 Å². The summed E-state index contributed by atoms with van der Waals surface area (Å²) in [5.74, 6) is 0.206. The van der Waals surface area contributed by atoms with Crippen molar-refractivity contribution in [2.45, 2.75) is 64.3 Å². The molecule has 0 aromatic rings. The van der Waals surface area contributed by atoms with Gasteiger partial charge >= 0.3 is 0 Å². The number of amides is 1. The summed E-state index contributed by atoms with van der Waals surface area (Å²) in [6, 6.07) is -0.862. The highest BCUT2D eigenvalue weighted by molar-refractivity contribution is 5.73. The van der Waals surface area contributed by atoms with Gasteiger partial charge in [-0.1, -0.05) is 13.8 Å². The third kappa shape index (κ3) is 5.52. The normalized spacial score (nSPS) is 33.2. The van der Waals surface area contributed by atoms with E-state index < -0.39 is 37.3 Å². The molecule has 1 aliphatic heterocycles. The first kappa shape index (κ1) is 18.3. The van der Waals surface area contributed by atoms with Gasteiger partial charge in [-0.05, 0) is 18.8 Å². The predicted octanol–water partition coefficient (Wildman–Crippen LogP) is -0.617. The highest BCUT2D eigenvalue weighted by atomic mass is 16.7. The van der Waals surface area contributed by atoms with Crippen LogP contribution in [0.4, 0.5) is 0 Å². The van der Waals surface area contributed by atoms with E-state index in [9.17, 15) is 20.1 Å². The molecular weight excluding hydrogens is 278 g/mol. The monoisotopic (exact) mass is 305 g/mol. The van der Waals surface area contributed by atoms with E-state index in [1.165, 1.54) is 6.92 Å². The minimum atomic E-state index is -1.28. The second-order valence-electron chi connectivity index (χ2n) is 5.84. The molecule has 124 valence electrons. The molecule has 0 aliphatic carbocycles. The molecule has 5 atom stereocenters. The number of nitrogens with one attached hydrogen (secondary N) is 1. The van der Waals surface area contributed by atoms with Gasteiger partial charge in [-0.2, -0.15) is 0 Å². The third-order valence-corrected chi connectivity index (χ3v) is 3.46. The maximum atomic E-state index is 11.2. The average Bonchev–Trinajstić information content (AvgIpc) is 2.41. The van der Waals surface area contributed by atoms with E-state index >= 15 is 0 Å². The quantitative estimate of drug-likeness (QED) is 0.467. The molecule has 1 rings (SSSR count). The number of hydrogen-bond donors (Lipinski definition) is 4. The topological polar surface area (TPSA) is 108 Å². The van der Waals surface area contributed by atoms with E-state index in [4.69, 9.17) is 9.47 Å². The number of carbonyl (C=O) groups excluding carboxylic acids is 1. The lowest BCUT2D eigenvalue weighted by Crippen LogP contribution is -2.64. The molecule has 0 bridgehead atoms. The first-order valence-corrected chi connectivity index (χ1v) is 7.38. The highest BCUT2D eigenvalue weighted by Gasteiger charge is 2.45. The van der Waals surface area contributed by atoms with Crippen LogP contribution in [0.2, 0.25) is 0 Å². The molecule has 2 unspecified atom stereocenters. The Labute approximate surface area is 125 Å². The standard InChI is InChI=1S/C14H27NO6/c1-8(2)5-4-6-20-14-11(15-9(3)17)13(19)12(18)10(7-16)21-14/h8,10-14,16,18-19H,4-7H2,1-3H3,(H,15,17)/t10?,11?,12-,13-,14-/m1/s1. The largest absolute Gasteiger partial charge is 0.394 e. The van der Waals surface area contributed by atoms with Crippen molar-refractivity contribution >= 4 is 5.91 Å². The van der Waals surface area contributed by atoms with Crippen LogP contribution < -0.4 is 5.32 Å². The van der Waals surface area contributed by atoms with E-state index in [0.29, 0.717) is 12.5 Å². The van der Waals surface area contributed by atoms with Crippen molar-refractivity contribution in [2.75, 3.05) is 13.2 Å². The van der Waals surface area contributed by atoms with Crippen LogP contribution in [0, 0.1) is 5.92 Å². The number of aliphatic hydroxyl groups excluding tert-OH is 3. The molecule has 1 saturated heterocycles. The summed E-state index contributed by atoms with van der Waals surface area (Å²) in [5, 5.41) is 31.6. The molecule has 1 amide bonds. The van der Waals surface area contributed by atoms with Crippen LogP contribution in [-0.4, -0.2) is 65.1 Å². The lowest BCUT2D eigenvalue weighted by molar-refractivity contribution is -0.270. The maximum Gasteiger partial charge on any atom is 0.217 e. The Morgan fingerprint density at radius 2 is 2.00 bits per heavy atom. The van der Waals surface area contributed by atoms with Crippen molar-refractivity contribution in [1.82, 2.24) is 5.32 Å². The number of carbonyl (C=O) groups is 1. The van der Waals surface area contributed by atoms with Gasteiger partial charge in [-0.25, -0.2) is 0 Å². The highest BCUT2D eigenvalue weighted by Crippen LogP contribution is 2.22. The molecule has 7 heteroatoms. The summed E-state index contributed by atoms with van der Waals surface area (Å²) in [4.78, 5) is 11.2. The van der Waals surface area contributed by atoms with E-state index in [-0.39, 0.29) is 5.91 Å². The summed E-state index contributed by atoms with van der Waals surface area (Å²) >= 11 is 0. The van der Waals surface area contributed by atoms with Crippen molar-refractivity contribution in [1.29, 1.82) is 0 Å². The van der Waals surface area contributed by atoms with Crippen LogP contribution in [0.5, 0.6) is 0 Å². The minimum absolute atomic E-state index is 0.354. The zero-order chi connectivity index (χ0) is 16.0. The fourth-order valence-corrected chi connectivity index (χ4v) is 2.30. The molecule has 21 heavy (non-hydrogen) atoms. The summed E-state index contributed by atoms with van der Waals surface area (Å²) < 4.78 is 11.0. The van der Waals surface area contributed by atoms with Crippen molar-refractivity contribution in [3.05, 3.63) is 0 Å². The second-order valence-corrected chi connectivity index (χ2v) is 5.84. The Bertz CT molecular complexity index is 325. The maximum absolute atomic E-state index is 11.2. The molecule has 1 fully saturated rings. The Morgan fingerprint density at radius 3 is 2.52 bits per heavy atom. The number of hydrogen-bond acceptors (Lipinski definition) is 6. The molecule has 1 heterocycles. The predicted molar refractivity (Wildman–Crippen MR) is 75.4 cm³/mol. The van der Waals surface area contributed by atoms with Crippen LogP contribution in [0.1, 0.15) is 33.6 Å². The zero-order valence-corrected chi connectivity index (χ0v) is 12.9. The smallest absolute Gasteiger partial charge is 0.217 e. The van der Waals surface area contributed by atoms with Gasteiger partial charge in [-0.3, -0.25) is 4.79 Å². The summed E-state index contributed by atoms with van der Waals surface area (Å²) in [6.07, 6.45) is -2.53. The van der Waals surface area contributed by atoms with Gasteiger partial charge in [0.15, 0.2) is 6.29 Å². The Hall–Kier alpha value is -0.730. The van der Waals surface area contributed by atoms with E-state index in [1.807, 2.05) is 0 Å². The first-order valence-electron chi connectivity index (χ1n) is 7.38. The van der Waals surface area contributed by atoms with Gasteiger partial charge in [0.05, 0.1) is 6.61 Å². The Morgan fingerprint density at radius 1 is 1.33 bits per heavy atom. The molecule has 4 N–H and O–H groups in total. The molecule has 1 aliphatic rings. The summed E-state index contributed by atoms with van der Waals surface area (Å²) in [5.41, 5.74) is 0. The van der Waals surface area contributed by atoms with Crippen molar-refractivity contribution in [2.24, 2.45) is 5.92 Å². The molecule has 0 saturated carbocycles. The van der Waals surface area contributed by atoms with Crippen molar-refractivity contribution in [3.63, 3.8) is 0 Å². The Balaban J connectivity index is 2.62. The summed E-state index contributed by atoms with van der Waals surface area (Å²) in [7, 11) is 0. The SMILES string of the molecule is CC(=O)NC1[C@H](OCCCC(C)C)OC(CO)[C@@H](O)[C@@H]1O. The molecule has 0 aromatic heterocycles. The van der Waals surface area contributed by atoms with Gasteiger partial charge in [0.2, 0.25) is 5.91 Å². The molecule has 7 nitrogen and oxygen atoms in total. The number of rotatable bonds is 7. The van der Waals surface area contributed by atoms with Crippen molar-refractivity contribution < 1.29 is 29.6 Å². The second kappa shape index (κ2) is 8.65. The van der Waals surface area contributed by atoms with Gasteiger partial charge in [0.25, 0.3) is 0 Å². The van der Waals surface area contributed by atoms with E-state index in [1.54, 1.807) is 0 Å². The third-order valence-electron chi connectivity index (χ3n) is 3.46. The average molecular weight is 305 g/mol.